The van der Waals surface area contributed by atoms with Crippen LogP contribution in [-0.2, 0) is 6.42 Å². The minimum absolute atomic E-state index is 0.453. The second-order valence-corrected chi connectivity index (χ2v) is 6.23. The highest BCUT2D eigenvalue weighted by Gasteiger charge is 2.41. The monoisotopic (exact) mass is 296 g/mol. The largest absolute Gasteiger partial charge is 0.330 e. The highest BCUT2D eigenvalue weighted by molar-refractivity contribution is 9.10. The SMILES string of the molecule is CN(CCc1ccc(Br)cc1)CC1(CN)CC1. The van der Waals surface area contributed by atoms with Gasteiger partial charge in [0.1, 0.15) is 0 Å². The molecule has 1 saturated carbocycles. The third-order valence-corrected chi connectivity index (χ3v) is 4.22. The molecule has 2 rings (SSSR count). The van der Waals surface area contributed by atoms with Gasteiger partial charge in [0.25, 0.3) is 0 Å². The first kappa shape index (κ1) is 13.1. The first-order chi connectivity index (χ1) is 8.13. The van der Waals surface area contributed by atoms with Crippen molar-refractivity contribution in [1.82, 2.24) is 4.90 Å². The second-order valence-electron chi connectivity index (χ2n) is 5.32. The van der Waals surface area contributed by atoms with Gasteiger partial charge < -0.3 is 10.6 Å². The summed E-state index contributed by atoms with van der Waals surface area (Å²) in [6, 6.07) is 8.59. The third kappa shape index (κ3) is 3.80. The summed E-state index contributed by atoms with van der Waals surface area (Å²) in [6.07, 6.45) is 3.74. The fourth-order valence-corrected chi connectivity index (χ4v) is 2.49. The van der Waals surface area contributed by atoms with Crippen molar-refractivity contribution in [2.75, 3.05) is 26.7 Å². The quantitative estimate of drug-likeness (QED) is 0.874. The summed E-state index contributed by atoms with van der Waals surface area (Å²) in [6.45, 7) is 3.11. The van der Waals surface area contributed by atoms with Crippen molar-refractivity contribution in [1.29, 1.82) is 0 Å². The van der Waals surface area contributed by atoms with E-state index >= 15 is 0 Å². The molecule has 1 fully saturated rings. The van der Waals surface area contributed by atoms with Crippen LogP contribution in [-0.4, -0.2) is 31.6 Å². The lowest BCUT2D eigenvalue weighted by molar-refractivity contribution is 0.269. The van der Waals surface area contributed by atoms with Crippen LogP contribution < -0.4 is 5.73 Å². The van der Waals surface area contributed by atoms with Crippen LogP contribution in [0.1, 0.15) is 18.4 Å². The predicted octanol–water partition coefficient (Wildman–Crippen LogP) is 2.66. The molecule has 0 atom stereocenters. The van der Waals surface area contributed by atoms with Gasteiger partial charge in [0.05, 0.1) is 0 Å². The van der Waals surface area contributed by atoms with Gasteiger partial charge in [-0.25, -0.2) is 0 Å². The van der Waals surface area contributed by atoms with Crippen molar-refractivity contribution in [2.45, 2.75) is 19.3 Å². The van der Waals surface area contributed by atoms with Crippen molar-refractivity contribution in [3.05, 3.63) is 34.3 Å². The standard InChI is InChI=1S/C14H21BrN2/c1-17(11-14(10-16)7-8-14)9-6-12-2-4-13(15)5-3-12/h2-5H,6-11,16H2,1H3. The van der Waals surface area contributed by atoms with Crippen molar-refractivity contribution in [3.63, 3.8) is 0 Å². The fourth-order valence-electron chi connectivity index (χ4n) is 2.23. The Kier molecular flexibility index (Phi) is 4.23. The number of benzene rings is 1. The first-order valence-corrected chi connectivity index (χ1v) is 7.06. The Bertz CT molecular complexity index is 357. The van der Waals surface area contributed by atoms with Gasteiger partial charge in [-0.2, -0.15) is 0 Å². The van der Waals surface area contributed by atoms with E-state index in [-0.39, 0.29) is 0 Å². The molecule has 1 aromatic rings. The summed E-state index contributed by atoms with van der Waals surface area (Å²) in [5.74, 6) is 0. The first-order valence-electron chi connectivity index (χ1n) is 6.27. The smallest absolute Gasteiger partial charge is 0.0175 e. The Morgan fingerprint density at radius 3 is 2.47 bits per heavy atom. The zero-order chi connectivity index (χ0) is 12.3. The number of halogens is 1. The lowest BCUT2D eigenvalue weighted by Crippen LogP contribution is -2.32. The third-order valence-electron chi connectivity index (χ3n) is 3.69. The van der Waals surface area contributed by atoms with Crippen molar-refractivity contribution >= 4 is 15.9 Å². The summed E-state index contributed by atoms with van der Waals surface area (Å²) in [5, 5.41) is 0. The average molecular weight is 297 g/mol. The van der Waals surface area contributed by atoms with Gasteiger partial charge in [0.2, 0.25) is 0 Å². The van der Waals surface area contributed by atoms with E-state index in [4.69, 9.17) is 5.73 Å². The van der Waals surface area contributed by atoms with E-state index in [9.17, 15) is 0 Å². The molecular formula is C14H21BrN2. The van der Waals surface area contributed by atoms with Gasteiger partial charge in [-0.15, -0.1) is 0 Å². The number of rotatable bonds is 6. The minimum atomic E-state index is 0.453. The molecule has 2 N–H and O–H groups in total. The summed E-state index contributed by atoms with van der Waals surface area (Å²) in [4.78, 5) is 2.42. The molecule has 17 heavy (non-hydrogen) atoms. The van der Waals surface area contributed by atoms with Crippen LogP contribution in [0.25, 0.3) is 0 Å². The highest BCUT2D eigenvalue weighted by Crippen LogP contribution is 2.44. The number of hydrogen-bond donors (Lipinski definition) is 1. The Labute approximate surface area is 112 Å². The van der Waals surface area contributed by atoms with Crippen LogP contribution in [0.4, 0.5) is 0 Å². The molecule has 1 aliphatic carbocycles. The van der Waals surface area contributed by atoms with E-state index in [1.165, 1.54) is 18.4 Å². The number of likely N-dealkylation sites (N-methyl/N-ethyl adjacent to an activating group) is 1. The maximum atomic E-state index is 5.81. The molecule has 0 amide bonds. The molecule has 0 spiro atoms. The van der Waals surface area contributed by atoms with Gasteiger partial charge in [0, 0.05) is 17.6 Å². The van der Waals surface area contributed by atoms with E-state index in [1.54, 1.807) is 0 Å². The van der Waals surface area contributed by atoms with E-state index in [0.29, 0.717) is 5.41 Å². The minimum Gasteiger partial charge on any atom is -0.330 e. The molecule has 0 bridgehead atoms. The van der Waals surface area contributed by atoms with Gasteiger partial charge >= 0.3 is 0 Å². The van der Waals surface area contributed by atoms with Gasteiger partial charge in [0.15, 0.2) is 0 Å². The molecule has 3 heteroatoms. The Morgan fingerprint density at radius 2 is 1.94 bits per heavy atom. The Morgan fingerprint density at radius 1 is 1.29 bits per heavy atom. The van der Waals surface area contributed by atoms with Crippen molar-refractivity contribution in [2.24, 2.45) is 11.1 Å². The van der Waals surface area contributed by atoms with Crippen LogP contribution in [0.2, 0.25) is 0 Å². The van der Waals surface area contributed by atoms with Gasteiger partial charge in [-0.3, -0.25) is 0 Å². The molecular weight excluding hydrogens is 276 g/mol. The fraction of sp³-hybridized carbons (Fsp3) is 0.571. The van der Waals surface area contributed by atoms with E-state index in [2.05, 4.69) is 52.1 Å². The summed E-state index contributed by atoms with van der Waals surface area (Å²) < 4.78 is 1.15. The average Bonchev–Trinajstić information content (AvgIpc) is 3.09. The second kappa shape index (κ2) is 5.51. The number of nitrogens with zero attached hydrogens (tertiary/aromatic N) is 1. The van der Waals surface area contributed by atoms with Crippen LogP contribution >= 0.6 is 15.9 Å². The maximum absolute atomic E-state index is 5.81. The van der Waals surface area contributed by atoms with Gasteiger partial charge in [-0.05, 0) is 56.0 Å². The molecule has 1 aromatic carbocycles. The summed E-state index contributed by atoms with van der Waals surface area (Å²) in [7, 11) is 2.20. The van der Waals surface area contributed by atoms with E-state index < -0.39 is 0 Å². The lowest BCUT2D eigenvalue weighted by atomic mass is 10.1. The zero-order valence-electron chi connectivity index (χ0n) is 10.5. The number of hydrogen-bond acceptors (Lipinski definition) is 2. The van der Waals surface area contributed by atoms with Crippen molar-refractivity contribution in [3.8, 4) is 0 Å². The molecule has 0 aliphatic heterocycles. The molecule has 1 aliphatic rings. The van der Waals surface area contributed by atoms with Crippen LogP contribution in [0.3, 0.4) is 0 Å². The Balaban J connectivity index is 1.76. The van der Waals surface area contributed by atoms with Crippen molar-refractivity contribution < 1.29 is 0 Å². The normalized spacial score (nSPS) is 17.4. The Hall–Kier alpha value is -0.380. The predicted molar refractivity (Wildman–Crippen MR) is 76.1 cm³/mol. The van der Waals surface area contributed by atoms with E-state index in [0.717, 1.165) is 30.5 Å². The molecule has 0 radical (unpaired) electrons. The number of nitrogens with two attached hydrogens (primary N) is 1. The molecule has 0 heterocycles. The maximum Gasteiger partial charge on any atom is 0.0175 e. The van der Waals surface area contributed by atoms with Crippen LogP contribution in [0.15, 0.2) is 28.7 Å². The molecule has 94 valence electrons. The summed E-state index contributed by atoms with van der Waals surface area (Å²) in [5.41, 5.74) is 7.66. The topological polar surface area (TPSA) is 29.3 Å². The molecule has 2 nitrogen and oxygen atoms in total. The molecule has 0 aromatic heterocycles. The van der Waals surface area contributed by atoms with E-state index in [1.807, 2.05) is 0 Å². The van der Waals surface area contributed by atoms with Crippen LogP contribution in [0.5, 0.6) is 0 Å². The van der Waals surface area contributed by atoms with Gasteiger partial charge in [-0.1, -0.05) is 28.1 Å². The molecule has 0 saturated heterocycles. The lowest BCUT2D eigenvalue weighted by Gasteiger charge is -2.22. The van der Waals surface area contributed by atoms with Crippen LogP contribution in [0, 0.1) is 5.41 Å². The highest BCUT2D eigenvalue weighted by atomic mass is 79.9. The summed E-state index contributed by atoms with van der Waals surface area (Å²) >= 11 is 3.46. The molecule has 0 unspecified atom stereocenters. The zero-order valence-corrected chi connectivity index (χ0v) is 12.0.